The molecule has 0 unspecified atom stereocenters. The van der Waals surface area contributed by atoms with E-state index in [4.69, 9.17) is 22.1 Å². The molecule has 1 aromatic heterocycles. The van der Waals surface area contributed by atoms with E-state index < -0.39 is 0 Å². The van der Waals surface area contributed by atoms with E-state index in [1.807, 2.05) is 0 Å². The third-order valence-corrected chi connectivity index (χ3v) is 1.60. The van der Waals surface area contributed by atoms with Crippen LogP contribution in [-0.2, 0) is 0 Å². The number of rotatable bonds is 4. The highest BCUT2D eigenvalue weighted by atomic mass is 35.5. The summed E-state index contributed by atoms with van der Waals surface area (Å²) in [7, 11) is 0. The first kappa shape index (κ1) is 9.13. The molecule has 0 atom stereocenters. The van der Waals surface area contributed by atoms with E-state index in [-0.39, 0.29) is 0 Å². The number of aromatic nitrogens is 1. The molecular formula is C8H11ClN2O. The van der Waals surface area contributed by atoms with E-state index in [1.54, 1.807) is 18.3 Å². The third kappa shape index (κ3) is 2.58. The topological polar surface area (TPSA) is 48.1 Å². The van der Waals surface area contributed by atoms with Crippen molar-refractivity contribution in [2.45, 2.75) is 6.42 Å². The van der Waals surface area contributed by atoms with Crippen LogP contribution in [0.1, 0.15) is 6.42 Å². The van der Waals surface area contributed by atoms with Gasteiger partial charge in [0, 0.05) is 12.1 Å². The summed E-state index contributed by atoms with van der Waals surface area (Å²) in [5.41, 5.74) is 5.53. The summed E-state index contributed by atoms with van der Waals surface area (Å²) in [6.07, 6.45) is 2.44. The SMILES string of the molecule is Nc1ncccc1OCCCCl. The van der Waals surface area contributed by atoms with Crippen LogP contribution in [0.15, 0.2) is 18.3 Å². The zero-order chi connectivity index (χ0) is 8.81. The van der Waals surface area contributed by atoms with Crippen molar-refractivity contribution in [3.8, 4) is 5.75 Å². The normalized spacial score (nSPS) is 9.75. The Morgan fingerprint density at radius 3 is 3.08 bits per heavy atom. The van der Waals surface area contributed by atoms with Gasteiger partial charge >= 0.3 is 0 Å². The predicted molar refractivity (Wildman–Crippen MR) is 49.5 cm³/mol. The van der Waals surface area contributed by atoms with Crippen LogP contribution in [-0.4, -0.2) is 17.5 Å². The number of halogens is 1. The molecule has 0 bridgehead atoms. The van der Waals surface area contributed by atoms with Gasteiger partial charge in [0.2, 0.25) is 0 Å². The minimum absolute atomic E-state index is 0.423. The summed E-state index contributed by atoms with van der Waals surface area (Å²) in [6.45, 7) is 0.583. The van der Waals surface area contributed by atoms with Crippen LogP contribution in [0.4, 0.5) is 5.82 Å². The Bertz CT molecular complexity index is 242. The first-order chi connectivity index (χ1) is 5.84. The zero-order valence-electron chi connectivity index (χ0n) is 6.66. The van der Waals surface area contributed by atoms with Crippen molar-refractivity contribution >= 4 is 17.4 Å². The van der Waals surface area contributed by atoms with E-state index in [0.717, 1.165) is 6.42 Å². The first-order valence-corrected chi connectivity index (χ1v) is 4.27. The number of nitrogen functional groups attached to an aromatic ring is 1. The number of hydrogen-bond donors (Lipinski definition) is 1. The standard InChI is InChI=1S/C8H11ClN2O/c9-4-2-6-12-7-3-1-5-11-8(7)10/h1,3,5H,2,4,6H2,(H2,10,11). The summed E-state index contributed by atoms with van der Waals surface area (Å²) in [5.74, 6) is 1.65. The molecule has 0 amide bonds. The molecule has 1 heterocycles. The van der Waals surface area contributed by atoms with Crippen LogP contribution >= 0.6 is 11.6 Å². The lowest BCUT2D eigenvalue weighted by Crippen LogP contribution is -2.01. The molecule has 2 N–H and O–H groups in total. The highest BCUT2D eigenvalue weighted by molar-refractivity contribution is 6.17. The van der Waals surface area contributed by atoms with Gasteiger partial charge in [-0.25, -0.2) is 4.98 Å². The molecule has 66 valence electrons. The van der Waals surface area contributed by atoms with Crippen LogP contribution in [0.3, 0.4) is 0 Å². The molecule has 4 heteroatoms. The number of hydrogen-bond acceptors (Lipinski definition) is 3. The van der Waals surface area contributed by atoms with Gasteiger partial charge in [-0.3, -0.25) is 0 Å². The lowest BCUT2D eigenvalue weighted by Gasteiger charge is -2.05. The lowest BCUT2D eigenvalue weighted by molar-refractivity contribution is 0.319. The van der Waals surface area contributed by atoms with Crippen molar-refractivity contribution in [1.82, 2.24) is 4.98 Å². The molecule has 1 aromatic rings. The highest BCUT2D eigenvalue weighted by Gasteiger charge is 1.97. The second-order valence-corrected chi connectivity index (χ2v) is 2.66. The quantitative estimate of drug-likeness (QED) is 0.575. The molecule has 0 spiro atoms. The molecule has 0 saturated heterocycles. The summed E-state index contributed by atoms with van der Waals surface area (Å²) < 4.78 is 5.31. The second kappa shape index (κ2) is 4.83. The Hall–Kier alpha value is -0.960. The molecule has 1 rings (SSSR count). The number of pyridine rings is 1. The summed E-state index contributed by atoms with van der Waals surface area (Å²) >= 11 is 5.48. The van der Waals surface area contributed by atoms with Crippen LogP contribution in [0.5, 0.6) is 5.75 Å². The van der Waals surface area contributed by atoms with Gasteiger partial charge in [-0.05, 0) is 18.6 Å². The molecule has 3 nitrogen and oxygen atoms in total. The number of nitrogens with zero attached hydrogens (tertiary/aromatic N) is 1. The first-order valence-electron chi connectivity index (χ1n) is 3.74. The van der Waals surface area contributed by atoms with Crippen molar-refractivity contribution < 1.29 is 4.74 Å². The molecular weight excluding hydrogens is 176 g/mol. The van der Waals surface area contributed by atoms with Gasteiger partial charge < -0.3 is 10.5 Å². The number of ether oxygens (including phenoxy) is 1. The van der Waals surface area contributed by atoms with Crippen molar-refractivity contribution in [3.63, 3.8) is 0 Å². The average molecular weight is 187 g/mol. The van der Waals surface area contributed by atoms with Gasteiger partial charge in [-0.15, -0.1) is 11.6 Å². The number of anilines is 1. The fourth-order valence-corrected chi connectivity index (χ4v) is 0.871. The smallest absolute Gasteiger partial charge is 0.166 e. The van der Waals surface area contributed by atoms with Gasteiger partial charge in [0.05, 0.1) is 6.61 Å². The van der Waals surface area contributed by atoms with Crippen molar-refractivity contribution in [2.75, 3.05) is 18.2 Å². The summed E-state index contributed by atoms with van der Waals surface area (Å²) in [4.78, 5) is 3.88. The van der Waals surface area contributed by atoms with Crippen LogP contribution in [0.25, 0.3) is 0 Å². The summed E-state index contributed by atoms with van der Waals surface area (Å²) in [5, 5.41) is 0. The largest absolute Gasteiger partial charge is 0.490 e. The van der Waals surface area contributed by atoms with E-state index in [0.29, 0.717) is 24.1 Å². The molecule has 0 radical (unpaired) electrons. The average Bonchev–Trinajstić information content (AvgIpc) is 2.09. The second-order valence-electron chi connectivity index (χ2n) is 2.28. The molecule has 0 aliphatic carbocycles. The van der Waals surface area contributed by atoms with Gasteiger partial charge in [-0.1, -0.05) is 0 Å². The lowest BCUT2D eigenvalue weighted by atomic mass is 10.4. The minimum Gasteiger partial charge on any atom is -0.490 e. The van der Waals surface area contributed by atoms with Crippen LogP contribution in [0, 0.1) is 0 Å². The van der Waals surface area contributed by atoms with Gasteiger partial charge in [0.1, 0.15) is 0 Å². The number of alkyl halides is 1. The van der Waals surface area contributed by atoms with E-state index in [1.165, 1.54) is 0 Å². The molecule has 0 saturated carbocycles. The minimum atomic E-state index is 0.423. The van der Waals surface area contributed by atoms with Crippen molar-refractivity contribution in [3.05, 3.63) is 18.3 Å². The number of nitrogens with two attached hydrogens (primary N) is 1. The monoisotopic (exact) mass is 186 g/mol. The Balaban J connectivity index is 2.46. The van der Waals surface area contributed by atoms with Gasteiger partial charge in [0.15, 0.2) is 11.6 Å². The maximum Gasteiger partial charge on any atom is 0.166 e. The summed E-state index contributed by atoms with van der Waals surface area (Å²) in [6, 6.07) is 3.57. The molecule has 0 aromatic carbocycles. The maximum absolute atomic E-state index is 5.53. The maximum atomic E-state index is 5.53. The van der Waals surface area contributed by atoms with Gasteiger partial charge in [-0.2, -0.15) is 0 Å². The molecule has 0 fully saturated rings. The van der Waals surface area contributed by atoms with E-state index in [9.17, 15) is 0 Å². The highest BCUT2D eigenvalue weighted by Crippen LogP contribution is 2.16. The Labute approximate surface area is 76.5 Å². The van der Waals surface area contributed by atoms with Crippen LogP contribution < -0.4 is 10.5 Å². The third-order valence-electron chi connectivity index (χ3n) is 1.34. The molecule has 0 aliphatic rings. The Morgan fingerprint density at radius 2 is 2.42 bits per heavy atom. The fourth-order valence-electron chi connectivity index (χ4n) is 0.761. The van der Waals surface area contributed by atoms with Crippen molar-refractivity contribution in [1.29, 1.82) is 0 Å². The molecule has 0 aliphatic heterocycles. The Kier molecular flexibility index (Phi) is 3.67. The van der Waals surface area contributed by atoms with E-state index >= 15 is 0 Å². The van der Waals surface area contributed by atoms with E-state index in [2.05, 4.69) is 4.98 Å². The Morgan fingerprint density at radius 1 is 1.58 bits per heavy atom. The molecule has 12 heavy (non-hydrogen) atoms. The van der Waals surface area contributed by atoms with Crippen molar-refractivity contribution in [2.24, 2.45) is 0 Å². The predicted octanol–water partition coefficient (Wildman–Crippen LogP) is 1.67. The van der Waals surface area contributed by atoms with Crippen LogP contribution in [0.2, 0.25) is 0 Å². The van der Waals surface area contributed by atoms with Gasteiger partial charge in [0.25, 0.3) is 0 Å². The zero-order valence-corrected chi connectivity index (χ0v) is 7.42. The fraction of sp³-hybridized carbons (Fsp3) is 0.375.